The second-order valence-corrected chi connectivity index (χ2v) is 6.31. The number of para-hydroxylation sites is 1. The van der Waals surface area contributed by atoms with Crippen molar-refractivity contribution in [1.29, 1.82) is 0 Å². The molecule has 1 aliphatic rings. The monoisotopic (exact) mass is 482 g/mol. The Kier molecular flexibility index (Phi) is 8.63. The molecule has 1 aromatic carbocycles. The maximum atomic E-state index is 5.96. The maximum absolute atomic E-state index is 5.96. The number of ether oxygens (including phenoxy) is 2. The van der Waals surface area contributed by atoms with Gasteiger partial charge in [0.05, 0.1) is 26.0 Å². The van der Waals surface area contributed by atoms with E-state index in [2.05, 4.69) is 26.7 Å². The molecule has 6 nitrogen and oxygen atoms in total. The number of nitrogens with one attached hydrogen (secondary N) is 2. The molecule has 0 atom stereocenters. The Bertz CT molecular complexity index is 750. The molecule has 7 heteroatoms. The van der Waals surface area contributed by atoms with Crippen LogP contribution in [0, 0.1) is 5.92 Å². The molecule has 0 aliphatic heterocycles. The van der Waals surface area contributed by atoms with E-state index in [1.807, 2.05) is 36.4 Å². The standard InChI is InChI=1S/C20H26N4O2.HI/c1-21-20(23-13-17-7-5-9-19(24-17)25-2)22-12-16-6-3-4-8-18(16)26-14-15-10-11-15;/h3-9,15H,10-14H2,1-2H3,(H2,21,22,23);1H. The summed E-state index contributed by atoms with van der Waals surface area (Å²) in [6.07, 6.45) is 2.57. The summed E-state index contributed by atoms with van der Waals surface area (Å²) in [5.41, 5.74) is 2.01. The Morgan fingerprint density at radius 1 is 1.11 bits per heavy atom. The van der Waals surface area contributed by atoms with E-state index in [-0.39, 0.29) is 24.0 Å². The molecule has 27 heavy (non-hydrogen) atoms. The van der Waals surface area contributed by atoms with Crippen LogP contribution >= 0.6 is 24.0 Å². The van der Waals surface area contributed by atoms with Gasteiger partial charge in [-0.05, 0) is 30.9 Å². The van der Waals surface area contributed by atoms with Gasteiger partial charge in [0.2, 0.25) is 5.88 Å². The Hall–Kier alpha value is -2.03. The lowest BCUT2D eigenvalue weighted by Crippen LogP contribution is -2.36. The number of halogens is 1. The number of benzene rings is 1. The molecular formula is C20H27IN4O2. The molecule has 3 rings (SSSR count). The van der Waals surface area contributed by atoms with Gasteiger partial charge in [0.1, 0.15) is 5.75 Å². The van der Waals surface area contributed by atoms with Crippen molar-refractivity contribution in [2.45, 2.75) is 25.9 Å². The lowest BCUT2D eigenvalue weighted by atomic mass is 10.2. The van der Waals surface area contributed by atoms with E-state index in [1.165, 1.54) is 12.8 Å². The van der Waals surface area contributed by atoms with Crippen molar-refractivity contribution in [2.75, 3.05) is 20.8 Å². The number of methoxy groups -OCH3 is 1. The Balaban J connectivity index is 0.00000261. The van der Waals surface area contributed by atoms with E-state index >= 15 is 0 Å². The van der Waals surface area contributed by atoms with Crippen LogP contribution in [0.5, 0.6) is 11.6 Å². The SMILES string of the molecule is CN=C(NCc1cccc(OC)n1)NCc1ccccc1OCC1CC1.I. The zero-order valence-corrected chi connectivity index (χ0v) is 18.1. The van der Waals surface area contributed by atoms with Gasteiger partial charge in [0, 0.05) is 25.2 Å². The van der Waals surface area contributed by atoms with Gasteiger partial charge < -0.3 is 20.1 Å². The molecule has 2 aromatic rings. The molecule has 1 saturated carbocycles. The van der Waals surface area contributed by atoms with Gasteiger partial charge in [0.25, 0.3) is 0 Å². The third-order valence-corrected chi connectivity index (χ3v) is 4.24. The van der Waals surface area contributed by atoms with E-state index in [1.54, 1.807) is 14.2 Å². The van der Waals surface area contributed by atoms with Crippen molar-refractivity contribution in [3.8, 4) is 11.6 Å². The zero-order valence-electron chi connectivity index (χ0n) is 15.8. The van der Waals surface area contributed by atoms with E-state index < -0.39 is 0 Å². The summed E-state index contributed by atoms with van der Waals surface area (Å²) in [7, 11) is 3.37. The van der Waals surface area contributed by atoms with Crippen molar-refractivity contribution < 1.29 is 9.47 Å². The Labute approximate surface area is 177 Å². The van der Waals surface area contributed by atoms with Crippen LogP contribution in [-0.2, 0) is 13.1 Å². The van der Waals surface area contributed by atoms with E-state index in [0.29, 0.717) is 24.9 Å². The largest absolute Gasteiger partial charge is 0.493 e. The predicted octanol–water partition coefficient (Wildman–Crippen LogP) is 3.36. The van der Waals surface area contributed by atoms with Crippen LogP contribution in [0.15, 0.2) is 47.5 Å². The van der Waals surface area contributed by atoms with Gasteiger partial charge >= 0.3 is 0 Å². The van der Waals surface area contributed by atoms with Crippen molar-refractivity contribution in [1.82, 2.24) is 15.6 Å². The molecule has 1 fully saturated rings. The lowest BCUT2D eigenvalue weighted by Gasteiger charge is -2.15. The molecule has 2 N–H and O–H groups in total. The normalized spacial score (nSPS) is 13.5. The van der Waals surface area contributed by atoms with Gasteiger partial charge in [-0.25, -0.2) is 4.98 Å². The summed E-state index contributed by atoms with van der Waals surface area (Å²) in [6, 6.07) is 13.8. The summed E-state index contributed by atoms with van der Waals surface area (Å²) < 4.78 is 11.1. The van der Waals surface area contributed by atoms with E-state index in [4.69, 9.17) is 9.47 Å². The molecule has 0 saturated heterocycles. The highest BCUT2D eigenvalue weighted by Crippen LogP contribution is 2.30. The number of hydrogen-bond acceptors (Lipinski definition) is 4. The summed E-state index contributed by atoms with van der Waals surface area (Å²) in [4.78, 5) is 8.66. The number of aliphatic imine (C=N–C) groups is 1. The topological polar surface area (TPSA) is 67.8 Å². The highest BCUT2D eigenvalue weighted by Gasteiger charge is 2.22. The molecule has 0 radical (unpaired) electrons. The average molecular weight is 482 g/mol. The first kappa shape index (κ1) is 21.3. The van der Waals surface area contributed by atoms with Gasteiger partial charge in [0.15, 0.2) is 5.96 Å². The molecule has 1 heterocycles. The van der Waals surface area contributed by atoms with Crippen LogP contribution in [0.2, 0.25) is 0 Å². The minimum absolute atomic E-state index is 0. The highest BCUT2D eigenvalue weighted by atomic mass is 127. The fraction of sp³-hybridized carbons (Fsp3) is 0.400. The van der Waals surface area contributed by atoms with Crippen LogP contribution in [0.4, 0.5) is 0 Å². The number of pyridine rings is 1. The first-order chi connectivity index (χ1) is 12.8. The summed E-state index contributed by atoms with van der Waals surface area (Å²) in [5, 5.41) is 6.60. The first-order valence-electron chi connectivity index (χ1n) is 8.93. The van der Waals surface area contributed by atoms with Crippen molar-refractivity contribution in [2.24, 2.45) is 10.9 Å². The summed E-state index contributed by atoms with van der Waals surface area (Å²) >= 11 is 0. The van der Waals surface area contributed by atoms with Gasteiger partial charge in [-0.3, -0.25) is 4.99 Å². The molecule has 1 aliphatic carbocycles. The van der Waals surface area contributed by atoms with Crippen LogP contribution in [-0.4, -0.2) is 31.7 Å². The number of rotatable bonds is 8. The van der Waals surface area contributed by atoms with Gasteiger partial charge in [-0.15, -0.1) is 24.0 Å². The Morgan fingerprint density at radius 3 is 2.63 bits per heavy atom. The minimum Gasteiger partial charge on any atom is -0.493 e. The minimum atomic E-state index is 0. The number of nitrogens with zero attached hydrogens (tertiary/aromatic N) is 2. The Morgan fingerprint density at radius 2 is 1.89 bits per heavy atom. The summed E-state index contributed by atoms with van der Waals surface area (Å²) in [5.74, 6) is 3.00. The third-order valence-electron chi connectivity index (χ3n) is 4.24. The maximum Gasteiger partial charge on any atom is 0.213 e. The van der Waals surface area contributed by atoms with Crippen LogP contribution in [0.1, 0.15) is 24.1 Å². The summed E-state index contributed by atoms with van der Waals surface area (Å²) in [6.45, 7) is 2.02. The lowest BCUT2D eigenvalue weighted by molar-refractivity contribution is 0.296. The smallest absolute Gasteiger partial charge is 0.213 e. The van der Waals surface area contributed by atoms with Crippen molar-refractivity contribution >= 4 is 29.9 Å². The molecule has 0 spiro atoms. The fourth-order valence-corrected chi connectivity index (χ4v) is 2.53. The van der Waals surface area contributed by atoms with Crippen LogP contribution < -0.4 is 20.1 Å². The second kappa shape index (κ2) is 11.0. The van der Waals surface area contributed by atoms with Crippen molar-refractivity contribution in [3.63, 3.8) is 0 Å². The third kappa shape index (κ3) is 6.89. The van der Waals surface area contributed by atoms with Gasteiger partial charge in [-0.2, -0.15) is 0 Å². The molecule has 0 unspecified atom stereocenters. The molecule has 1 aromatic heterocycles. The molecule has 0 amide bonds. The zero-order chi connectivity index (χ0) is 18.2. The predicted molar refractivity (Wildman–Crippen MR) is 118 cm³/mol. The molecule has 146 valence electrons. The first-order valence-corrected chi connectivity index (χ1v) is 8.93. The van der Waals surface area contributed by atoms with E-state index in [9.17, 15) is 0 Å². The van der Waals surface area contributed by atoms with Crippen LogP contribution in [0.3, 0.4) is 0 Å². The highest BCUT2D eigenvalue weighted by molar-refractivity contribution is 14.0. The number of hydrogen-bond donors (Lipinski definition) is 2. The second-order valence-electron chi connectivity index (χ2n) is 6.31. The van der Waals surface area contributed by atoms with E-state index in [0.717, 1.165) is 29.5 Å². The molecule has 0 bridgehead atoms. The fourth-order valence-electron chi connectivity index (χ4n) is 2.53. The number of guanidine groups is 1. The van der Waals surface area contributed by atoms with Crippen molar-refractivity contribution in [3.05, 3.63) is 53.7 Å². The number of aromatic nitrogens is 1. The van der Waals surface area contributed by atoms with Crippen LogP contribution in [0.25, 0.3) is 0 Å². The molecular weight excluding hydrogens is 455 g/mol. The average Bonchev–Trinajstić information content (AvgIpc) is 3.52. The van der Waals surface area contributed by atoms with Gasteiger partial charge in [-0.1, -0.05) is 24.3 Å². The quantitative estimate of drug-likeness (QED) is 0.343.